The Balaban J connectivity index is 1.54. The van der Waals surface area contributed by atoms with E-state index in [4.69, 9.17) is 9.47 Å². The first-order valence-electron chi connectivity index (χ1n) is 9.02. The molecular formula is C21H23NO5. The molecule has 2 N–H and O–H groups in total. The third-order valence-corrected chi connectivity index (χ3v) is 4.45. The SMILES string of the molecule is O=C(O)[C@H](Cc1ccc(OCc2ccccc2)cc1)NC(=O)[C@@H]1CCCO1. The van der Waals surface area contributed by atoms with Crippen molar-refractivity contribution < 1.29 is 24.2 Å². The fraction of sp³-hybridized carbons (Fsp3) is 0.333. The average molecular weight is 369 g/mol. The lowest BCUT2D eigenvalue weighted by Gasteiger charge is -2.17. The Morgan fingerprint density at radius 1 is 1.11 bits per heavy atom. The molecule has 27 heavy (non-hydrogen) atoms. The van der Waals surface area contributed by atoms with Crippen molar-refractivity contribution in [2.45, 2.75) is 38.0 Å². The molecule has 0 aliphatic carbocycles. The minimum absolute atomic E-state index is 0.201. The van der Waals surface area contributed by atoms with Crippen molar-refractivity contribution in [3.05, 3.63) is 65.7 Å². The minimum atomic E-state index is -1.06. The number of aliphatic carboxylic acids is 1. The summed E-state index contributed by atoms with van der Waals surface area (Å²) < 4.78 is 11.0. The van der Waals surface area contributed by atoms with Crippen LogP contribution in [0.15, 0.2) is 54.6 Å². The van der Waals surface area contributed by atoms with Crippen molar-refractivity contribution in [3.63, 3.8) is 0 Å². The lowest BCUT2D eigenvalue weighted by atomic mass is 10.1. The standard InChI is InChI=1S/C21H23NO5/c23-20(19-7-4-12-26-19)22-18(21(24)25)13-15-8-10-17(11-9-15)27-14-16-5-2-1-3-6-16/h1-3,5-6,8-11,18-19H,4,7,12-14H2,(H,22,23)(H,24,25)/t18-,19-/m0/s1. The van der Waals surface area contributed by atoms with E-state index in [1.165, 1.54) is 0 Å². The quantitative estimate of drug-likeness (QED) is 0.747. The Bertz CT molecular complexity index is 754. The van der Waals surface area contributed by atoms with Crippen LogP contribution in [-0.2, 0) is 27.4 Å². The molecule has 3 rings (SSSR count). The molecule has 0 unspecified atom stereocenters. The van der Waals surface area contributed by atoms with E-state index >= 15 is 0 Å². The van der Waals surface area contributed by atoms with Crippen LogP contribution in [0.3, 0.4) is 0 Å². The van der Waals surface area contributed by atoms with E-state index in [1.54, 1.807) is 12.1 Å². The van der Waals surface area contributed by atoms with Crippen LogP contribution in [0.25, 0.3) is 0 Å². The molecule has 1 amide bonds. The number of carbonyl (C=O) groups excluding carboxylic acids is 1. The van der Waals surface area contributed by atoms with E-state index in [2.05, 4.69) is 5.32 Å². The van der Waals surface area contributed by atoms with Crippen LogP contribution < -0.4 is 10.1 Å². The van der Waals surface area contributed by atoms with E-state index in [0.717, 1.165) is 17.5 Å². The van der Waals surface area contributed by atoms with Crippen LogP contribution in [0.4, 0.5) is 0 Å². The number of amides is 1. The molecule has 6 heteroatoms. The van der Waals surface area contributed by atoms with Gasteiger partial charge in [0.15, 0.2) is 0 Å². The molecule has 2 aromatic rings. The predicted octanol–water partition coefficient (Wildman–Crippen LogP) is 2.56. The van der Waals surface area contributed by atoms with Crippen LogP contribution in [0, 0.1) is 0 Å². The molecule has 2 atom stereocenters. The van der Waals surface area contributed by atoms with E-state index in [-0.39, 0.29) is 12.3 Å². The van der Waals surface area contributed by atoms with Gasteiger partial charge in [0.05, 0.1) is 0 Å². The fourth-order valence-electron chi connectivity index (χ4n) is 2.95. The summed E-state index contributed by atoms with van der Waals surface area (Å²) in [5.41, 5.74) is 1.88. The average Bonchev–Trinajstić information content (AvgIpc) is 3.22. The molecule has 0 saturated carbocycles. The molecular weight excluding hydrogens is 346 g/mol. The molecule has 1 saturated heterocycles. The summed E-state index contributed by atoms with van der Waals surface area (Å²) in [6.07, 6.45) is 1.11. The van der Waals surface area contributed by atoms with Crippen molar-refractivity contribution in [1.82, 2.24) is 5.32 Å². The van der Waals surface area contributed by atoms with E-state index < -0.39 is 18.1 Å². The third kappa shape index (κ3) is 5.56. The Hall–Kier alpha value is -2.86. The van der Waals surface area contributed by atoms with Crippen molar-refractivity contribution >= 4 is 11.9 Å². The molecule has 1 aliphatic rings. The Morgan fingerprint density at radius 2 is 1.85 bits per heavy atom. The zero-order chi connectivity index (χ0) is 19.1. The van der Waals surface area contributed by atoms with Gasteiger partial charge in [-0.05, 0) is 36.1 Å². The molecule has 142 valence electrons. The van der Waals surface area contributed by atoms with Gasteiger partial charge in [-0.15, -0.1) is 0 Å². The number of ether oxygens (including phenoxy) is 2. The summed E-state index contributed by atoms with van der Waals surface area (Å²) in [5.74, 6) is -0.716. The van der Waals surface area contributed by atoms with Crippen molar-refractivity contribution in [2.75, 3.05) is 6.61 Å². The van der Waals surface area contributed by atoms with Crippen LogP contribution in [-0.4, -0.2) is 35.7 Å². The van der Waals surface area contributed by atoms with E-state index in [9.17, 15) is 14.7 Å². The van der Waals surface area contributed by atoms with Gasteiger partial charge in [0.2, 0.25) is 5.91 Å². The Labute approximate surface area is 158 Å². The Morgan fingerprint density at radius 3 is 2.48 bits per heavy atom. The monoisotopic (exact) mass is 369 g/mol. The molecule has 1 fully saturated rings. The van der Waals surface area contributed by atoms with Gasteiger partial charge >= 0.3 is 5.97 Å². The van der Waals surface area contributed by atoms with Crippen LogP contribution >= 0.6 is 0 Å². The van der Waals surface area contributed by atoms with Crippen LogP contribution in [0.2, 0.25) is 0 Å². The minimum Gasteiger partial charge on any atom is -0.489 e. The highest BCUT2D eigenvalue weighted by molar-refractivity contribution is 5.86. The third-order valence-electron chi connectivity index (χ3n) is 4.45. The normalized spacial score (nSPS) is 17.3. The molecule has 0 radical (unpaired) electrons. The first-order valence-corrected chi connectivity index (χ1v) is 9.02. The maximum atomic E-state index is 12.1. The second-order valence-corrected chi connectivity index (χ2v) is 6.52. The summed E-state index contributed by atoms with van der Waals surface area (Å²) in [4.78, 5) is 23.6. The first-order chi connectivity index (χ1) is 13.1. The van der Waals surface area contributed by atoms with Crippen LogP contribution in [0.1, 0.15) is 24.0 Å². The summed E-state index contributed by atoms with van der Waals surface area (Å²) in [5, 5.41) is 12.0. The highest BCUT2D eigenvalue weighted by atomic mass is 16.5. The number of hydrogen-bond acceptors (Lipinski definition) is 4. The molecule has 0 spiro atoms. The first kappa shape index (κ1) is 18.9. The fourth-order valence-corrected chi connectivity index (χ4v) is 2.95. The predicted molar refractivity (Wildman–Crippen MR) is 99.5 cm³/mol. The van der Waals surface area contributed by atoms with E-state index in [1.807, 2.05) is 42.5 Å². The second kappa shape index (κ2) is 9.19. The van der Waals surface area contributed by atoms with Crippen LogP contribution in [0.5, 0.6) is 5.75 Å². The summed E-state index contributed by atoms with van der Waals surface area (Å²) in [7, 11) is 0. The molecule has 0 aromatic heterocycles. The molecule has 1 heterocycles. The van der Waals surface area contributed by atoms with Gasteiger partial charge in [-0.1, -0.05) is 42.5 Å². The molecule has 1 aliphatic heterocycles. The number of carboxylic acid groups (broad SMARTS) is 1. The Kier molecular flexibility index (Phi) is 6.44. The lowest BCUT2D eigenvalue weighted by Crippen LogP contribution is -2.46. The zero-order valence-electron chi connectivity index (χ0n) is 15.0. The smallest absolute Gasteiger partial charge is 0.326 e. The summed E-state index contributed by atoms with van der Waals surface area (Å²) in [6.45, 7) is 1.01. The summed E-state index contributed by atoms with van der Waals surface area (Å²) in [6, 6.07) is 16.1. The number of rotatable bonds is 8. The van der Waals surface area contributed by atoms with Gasteiger partial charge in [-0.25, -0.2) is 4.79 Å². The van der Waals surface area contributed by atoms with Crippen molar-refractivity contribution in [3.8, 4) is 5.75 Å². The van der Waals surface area contributed by atoms with Gasteiger partial charge in [0.25, 0.3) is 0 Å². The number of benzene rings is 2. The van der Waals surface area contributed by atoms with Crippen molar-refractivity contribution in [1.29, 1.82) is 0 Å². The number of nitrogens with one attached hydrogen (secondary N) is 1. The van der Waals surface area contributed by atoms with Crippen molar-refractivity contribution in [2.24, 2.45) is 0 Å². The van der Waals surface area contributed by atoms with E-state index in [0.29, 0.717) is 25.4 Å². The second-order valence-electron chi connectivity index (χ2n) is 6.52. The number of carboxylic acids is 1. The maximum absolute atomic E-state index is 12.1. The topological polar surface area (TPSA) is 84.9 Å². The van der Waals surface area contributed by atoms with Gasteiger partial charge in [0.1, 0.15) is 24.5 Å². The highest BCUT2D eigenvalue weighted by Crippen LogP contribution is 2.16. The highest BCUT2D eigenvalue weighted by Gasteiger charge is 2.28. The molecule has 2 aromatic carbocycles. The summed E-state index contributed by atoms with van der Waals surface area (Å²) >= 11 is 0. The van der Waals surface area contributed by atoms with Gasteiger partial charge in [0, 0.05) is 13.0 Å². The van der Waals surface area contributed by atoms with Gasteiger partial charge in [-0.2, -0.15) is 0 Å². The largest absolute Gasteiger partial charge is 0.489 e. The number of carbonyl (C=O) groups is 2. The van der Waals surface area contributed by atoms with Gasteiger partial charge < -0.3 is 19.9 Å². The lowest BCUT2D eigenvalue weighted by molar-refractivity contribution is -0.143. The molecule has 6 nitrogen and oxygen atoms in total. The van der Waals surface area contributed by atoms with Gasteiger partial charge in [-0.3, -0.25) is 4.79 Å². The maximum Gasteiger partial charge on any atom is 0.326 e. The number of hydrogen-bond donors (Lipinski definition) is 2. The zero-order valence-corrected chi connectivity index (χ0v) is 15.0. The molecule has 0 bridgehead atoms.